The summed E-state index contributed by atoms with van der Waals surface area (Å²) in [7, 11) is 0. The standard InChI is InChI=1S/C15H18FNO3S/c1-9(2)7-12(15(19)20)17-13(18)8-21-14(17)10-5-3-4-6-11(10)16/h3-6,9,12,14H,7-8H2,1-2H3,(H,19,20)/p-1/t12-,14+/m0/s1. The van der Waals surface area contributed by atoms with Crippen LogP contribution in [0, 0.1) is 11.7 Å². The van der Waals surface area contributed by atoms with Crippen molar-refractivity contribution >= 4 is 23.6 Å². The van der Waals surface area contributed by atoms with Crippen LogP contribution < -0.4 is 5.11 Å². The highest BCUT2D eigenvalue weighted by molar-refractivity contribution is 8.00. The fourth-order valence-electron chi connectivity index (χ4n) is 2.46. The molecular formula is C15H17FNO3S-. The average Bonchev–Trinajstić information content (AvgIpc) is 2.78. The van der Waals surface area contributed by atoms with Crippen molar-refractivity contribution < 1.29 is 19.1 Å². The van der Waals surface area contributed by atoms with Gasteiger partial charge in [-0.3, -0.25) is 4.79 Å². The van der Waals surface area contributed by atoms with E-state index in [4.69, 9.17) is 0 Å². The first-order chi connectivity index (χ1) is 9.91. The highest BCUT2D eigenvalue weighted by Crippen LogP contribution is 2.41. The number of aliphatic carboxylic acids is 1. The van der Waals surface area contributed by atoms with Crippen molar-refractivity contribution in [3.05, 3.63) is 35.6 Å². The van der Waals surface area contributed by atoms with Crippen LogP contribution in [0.5, 0.6) is 0 Å². The summed E-state index contributed by atoms with van der Waals surface area (Å²) in [5.41, 5.74) is 0.336. The van der Waals surface area contributed by atoms with Crippen molar-refractivity contribution in [1.82, 2.24) is 4.90 Å². The minimum absolute atomic E-state index is 0.0903. The van der Waals surface area contributed by atoms with Gasteiger partial charge in [-0.25, -0.2) is 4.39 Å². The largest absolute Gasteiger partial charge is 0.548 e. The minimum atomic E-state index is -1.29. The number of carbonyl (C=O) groups is 2. The summed E-state index contributed by atoms with van der Waals surface area (Å²) < 4.78 is 14.0. The van der Waals surface area contributed by atoms with Crippen molar-refractivity contribution in [1.29, 1.82) is 0 Å². The SMILES string of the molecule is CC(C)C[C@@H](C(=O)[O-])N1C(=O)CS[C@@H]1c1ccccc1F. The van der Waals surface area contributed by atoms with E-state index in [0.29, 0.717) is 12.0 Å². The van der Waals surface area contributed by atoms with Gasteiger partial charge < -0.3 is 14.8 Å². The zero-order chi connectivity index (χ0) is 15.6. The third-order valence-electron chi connectivity index (χ3n) is 3.38. The molecule has 1 saturated heterocycles. The van der Waals surface area contributed by atoms with E-state index in [2.05, 4.69) is 0 Å². The van der Waals surface area contributed by atoms with Gasteiger partial charge in [0.05, 0.1) is 17.8 Å². The molecule has 1 aliphatic heterocycles. The molecule has 0 aliphatic carbocycles. The molecule has 2 rings (SSSR count). The predicted octanol–water partition coefficient (Wildman–Crippen LogP) is 1.56. The maximum atomic E-state index is 14.0. The van der Waals surface area contributed by atoms with Gasteiger partial charge >= 0.3 is 0 Å². The van der Waals surface area contributed by atoms with E-state index in [9.17, 15) is 19.1 Å². The Morgan fingerprint density at radius 1 is 1.48 bits per heavy atom. The average molecular weight is 310 g/mol. The zero-order valence-corrected chi connectivity index (χ0v) is 12.7. The van der Waals surface area contributed by atoms with Gasteiger partial charge in [-0.2, -0.15) is 0 Å². The van der Waals surface area contributed by atoms with Gasteiger partial charge in [-0.1, -0.05) is 32.0 Å². The van der Waals surface area contributed by atoms with Crippen molar-refractivity contribution in [2.75, 3.05) is 5.75 Å². The molecule has 0 bridgehead atoms. The van der Waals surface area contributed by atoms with Gasteiger partial charge in [0.25, 0.3) is 0 Å². The van der Waals surface area contributed by atoms with Crippen LogP contribution in [0.1, 0.15) is 31.2 Å². The number of hydrogen-bond acceptors (Lipinski definition) is 4. The van der Waals surface area contributed by atoms with E-state index in [1.807, 2.05) is 13.8 Å². The first-order valence-corrected chi connectivity index (χ1v) is 7.84. The van der Waals surface area contributed by atoms with Gasteiger partial charge in [0, 0.05) is 5.56 Å². The third kappa shape index (κ3) is 3.37. The maximum absolute atomic E-state index is 14.0. The van der Waals surface area contributed by atoms with Gasteiger partial charge in [-0.05, 0) is 18.4 Å². The summed E-state index contributed by atoms with van der Waals surface area (Å²) in [6, 6.07) is 5.11. The summed E-state index contributed by atoms with van der Waals surface area (Å²) in [5.74, 6) is -1.77. The molecule has 6 heteroatoms. The van der Waals surface area contributed by atoms with Crippen LogP contribution in [-0.2, 0) is 9.59 Å². The van der Waals surface area contributed by atoms with Crippen molar-refractivity contribution in [2.45, 2.75) is 31.7 Å². The Balaban J connectivity index is 2.36. The van der Waals surface area contributed by atoms with E-state index in [-0.39, 0.29) is 17.6 Å². The van der Waals surface area contributed by atoms with Crippen LogP contribution in [0.25, 0.3) is 0 Å². The number of halogens is 1. The lowest BCUT2D eigenvalue weighted by atomic mass is 10.0. The molecule has 0 N–H and O–H groups in total. The second-order valence-electron chi connectivity index (χ2n) is 5.45. The lowest BCUT2D eigenvalue weighted by Crippen LogP contribution is -2.50. The maximum Gasteiger partial charge on any atom is 0.234 e. The number of carboxylic acids is 1. The van der Waals surface area contributed by atoms with Gasteiger partial charge in [-0.15, -0.1) is 11.8 Å². The van der Waals surface area contributed by atoms with Crippen molar-refractivity contribution in [3.63, 3.8) is 0 Å². The van der Waals surface area contributed by atoms with Crippen molar-refractivity contribution in [2.24, 2.45) is 5.92 Å². The molecule has 1 aliphatic rings. The fraction of sp³-hybridized carbons (Fsp3) is 0.467. The molecule has 0 unspecified atom stereocenters. The lowest BCUT2D eigenvalue weighted by molar-refractivity contribution is -0.312. The number of nitrogens with zero attached hydrogens (tertiary/aromatic N) is 1. The molecule has 21 heavy (non-hydrogen) atoms. The topological polar surface area (TPSA) is 60.4 Å². The first kappa shape index (κ1) is 15.8. The lowest BCUT2D eigenvalue weighted by Gasteiger charge is -2.34. The van der Waals surface area contributed by atoms with E-state index >= 15 is 0 Å². The second-order valence-corrected chi connectivity index (χ2v) is 6.52. The number of thioether (sulfide) groups is 1. The molecule has 1 aromatic rings. The smallest absolute Gasteiger partial charge is 0.234 e. The summed E-state index contributed by atoms with van der Waals surface area (Å²) in [6.07, 6.45) is 0.291. The molecule has 0 spiro atoms. The molecule has 114 valence electrons. The van der Waals surface area contributed by atoms with E-state index in [0.717, 1.165) is 0 Å². The Kier molecular flexibility index (Phi) is 4.88. The normalized spacial score (nSPS) is 20.1. The number of carbonyl (C=O) groups excluding carboxylic acids is 2. The number of hydrogen-bond donors (Lipinski definition) is 0. The Labute approximate surface area is 127 Å². The molecule has 1 heterocycles. The minimum Gasteiger partial charge on any atom is -0.548 e. The molecule has 1 fully saturated rings. The summed E-state index contributed by atoms with van der Waals surface area (Å²) in [6.45, 7) is 3.75. The van der Waals surface area contributed by atoms with Crippen LogP contribution in [0.15, 0.2) is 24.3 Å². The van der Waals surface area contributed by atoms with Crippen LogP contribution in [0.2, 0.25) is 0 Å². The predicted molar refractivity (Wildman–Crippen MR) is 76.7 cm³/mol. The van der Waals surface area contributed by atoms with Gasteiger partial charge in [0.2, 0.25) is 5.91 Å². The van der Waals surface area contributed by atoms with E-state index in [1.54, 1.807) is 18.2 Å². The van der Waals surface area contributed by atoms with Crippen molar-refractivity contribution in [3.8, 4) is 0 Å². The highest BCUT2D eigenvalue weighted by Gasteiger charge is 2.39. The number of rotatable bonds is 5. The molecular weight excluding hydrogens is 293 g/mol. The fourth-order valence-corrected chi connectivity index (χ4v) is 3.70. The third-order valence-corrected chi connectivity index (χ3v) is 4.59. The molecule has 4 nitrogen and oxygen atoms in total. The quantitative estimate of drug-likeness (QED) is 0.828. The van der Waals surface area contributed by atoms with Gasteiger partial charge in [0.1, 0.15) is 11.2 Å². The van der Waals surface area contributed by atoms with Crippen LogP contribution in [0.4, 0.5) is 4.39 Å². The first-order valence-electron chi connectivity index (χ1n) is 6.80. The molecule has 0 aromatic heterocycles. The van der Waals surface area contributed by atoms with Gasteiger partial charge in [0.15, 0.2) is 0 Å². The Morgan fingerprint density at radius 2 is 2.14 bits per heavy atom. The Hall–Kier alpha value is -1.56. The van der Waals surface area contributed by atoms with Crippen LogP contribution in [-0.4, -0.2) is 28.6 Å². The van der Waals surface area contributed by atoms with E-state index < -0.39 is 23.2 Å². The number of amides is 1. The zero-order valence-electron chi connectivity index (χ0n) is 11.9. The van der Waals surface area contributed by atoms with E-state index in [1.165, 1.54) is 22.7 Å². The second kappa shape index (κ2) is 6.47. The highest BCUT2D eigenvalue weighted by atomic mass is 32.2. The number of benzene rings is 1. The summed E-state index contributed by atoms with van der Waals surface area (Å²) in [5, 5.41) is 10.8. The van der Waals surface area contributed by atoms with Crippen LogP contribution in [0.3, 0.4) is 0 Å². The molecule has 2 atom stereocenters. The van der Waals surface area contributed by atoms with Crippen LogP contribution >= 0.6 is 11.8 Å². The summed E-state index contributed by atoms with van der Waals surface area (Å²) >= 11 is 1.24. The monoisotopic (exact) mass is 310 g/mol. The molecule has 0 radical (unpaired) electrons. The Bertz CT molecular complexity index is 549. The Morgan fingerprint density at radius 3 is 2.71 bits per heavy atom. The number of carboxylic acid groups (broad SMARTS) is 1. The molecule has 1 amide bonds. The molecule has 1 aromatic carbocycles. The molecule has 0 saturated carbocycles. The summed E-state index contributed by atoms with van der Waals surface area (Å²) in [4.78, 5) is 24.8.